The Bertz CT molecular complexity index is 2820. The smallest absolute Gasteiger partial charge is 0.0468 e. The molecule has 0 aliphatic carbocycles. The second kappa shape index (κ2) is 11.1. The van der Waals surface area contributed by atoms with Gasteiger partial charge in [0.05, 0.1) is 0 Å². The summed E-state index contributed by atoms with van der Waals surface area (Å²) in [7, 11) is 0. The first-order chi connectivity index (χ1) is 24.3. The highest BCUT2D eigenvalue weighted by atomic mass is 15.1. The highest BCUT2D eigenvalue weighted by molar-refractivity contribution is 6.39. The minimum Gasteiger partial charge on any atom is -0.310 e. The van der Waals surface area contributed by atoms with E-state index >= 15 is 0 Å². The molecule has 1 nitrogen and oxygen atoms in total. The normalized spacial score (nSPS) is 11.7. The molecule has 10 rings (SSSR count). The summed E-state index contributed by atoms with van der Waals surface area (Å²) in [6, 6.07) is 68.9. The SMILES string of the molecule is c1ccc(-c2cc3c4cc(N(c5ccccc5)c5ccccc5)ccc4c4ccccc4c4cccc5c6ccccc6c(c2)c3c45)cc1. The summed E-state index contributed by atoms with van der Waals surface area (Å²) in [6.07, 6.45) is 0. The van der Waals surface area contributed by atoms with Crippen molar-refractivity contribution in [3.8, 4) is 11.1 Å². The molecule has 0 heterocycles. The van der Waals surface area contributed by atoms with Gasteiger partial charge in [-0.3, -0.25) is 0 Å². The van der Waals surface area contributed by atoms with Gasteiger partial charge in [-0.25, -0.2) is 0 Å². The number of benzene rings is 9. The molecule has 1 heteroatoms. The Labute approximate surface area is 284 Å². The van der Waals surface area contributed by atoms with Gasteiger partial charge in [-0.05, 0) is 124 Å². The van der Waals surface area contributed by atoms with Crippen LogP contribution in [0, 0.1) is 0 Å². The van der Waals surface area contributed by atoms with Crippen LogP contribution in [0.15, 0.2) is 188 Å². The van der Waals surface area contributed by atoms with Crippen LogP contribution in [0.3, 0.4) is 0 Å². The zero-order valence-corrected chi connectivity index (χ0v) is 26.8. The van der Waals surface area contributed by atoms with Crippen molar-refractivity contribution in [1.29, 1.82) is 0 Å². The summed E-state index contributed by atoms with van der Waals surface area (Å²) in [5.41, 5.74) is 5.81. The van der Waals surface area contributed by atoms with Gasteiger partial charge < -0.3 is 4.90 Å². The largest absolute Gasteiger partial charge is 0.310 e. The van der Waals surface area contributed by atoms with Gasteiger partial charge >= 0.3 is 0 Å². The van der Waals surface area contributed by atoms with E-state index in [-0.39, 0.29) is 0 Å². The first-order valence-electron chi connectivity index (χ1n) is 16.9. The van der Waals surface area contributed by atoms with Crippen molar-refractivity contribution >= 4 is 81.7 Å². The molecule has 0 spiro atoms. The first-order valence-corrected chi connectivity index (χ1v) is 16.9. The highest BCUT2D eigenvalue weighted by Gasteiger charge is 2.19. The maximum absolute atomic E-state index is 2.44. The summed E-state index contributed by atoms with van der Waals surface area (Å²) in [4.78, 5) is 2.37. The van der Waals surface area contributed by atoms with Crippen molar-refractivity contribution < 1.29 is 0 Å². The molecule has 0 radical (unpaired) electrons. The fourth-order valence-electron chi connectivity index (χ4n) is 8.04. The summed E-state index contributed by atoms with van der Waals surface area (Å²) in [6.45, 7) is 0. The number of hydrogen-bond donors (Lipinski definition) is 0. The molecule has 228 valence electrons. The molecule has 10 aromatic rings. The molecule has 0 amide bonds. The van der Waals surface area contributed by atoms with Crippen molar-refractivity contribution in [1.82, 2.24) is 0 Å². The van der Waals surface area contributed by atoms with Crippen LogP contribution >= 0.6 is 0 Å². The van der Waals surface area contributed by atoms with Crippen LogP contribution in [0.4, 0.5) is 17.1 Å². The highest BCUT2D eigenvalue weighted by Crippen LogP contribution is 2.46. The average molecular weight is 622 g/mol. The molecular formula is C48H31N. The lowest BCUT2D eigenvalue weighted by molar-refractivity contribution is 1.29. The fraction of sp³-hybridized carbons (Fsp3) is 0. The minimum absolute atomic E-state index is 1.12. The van der Waals surface area contributed by atoms with E-state index < -0.39 is 0 Å². The van der Waals surface area contributed by atoms with Crippen molar-refractivity contribution in [3.05, 3.63) is 188 Å². The van der Waals surface area contributed by atoms with Crippen molar-refractivity contribution in [2.45, 2.75) is 0 Å². The molecule has 49 heavy (non-hydrogen) atoms. The predicted octanol–water partition coefficient (Wildman–Crippen LogP) is 13.7. The lowest BCUT2D eigenvalue weighted by atomic mass is 9.85. The summed E-state index contributed by atoms with van der Waals surface area (Å²) >= 11 is 0. The number of anilines is 3. The number of nitrogens with zero attached hydrogens (tertiary/aromatic N) is 1. The molecule has 0 fully saturated rings. The van der Waals surface area contributed by atoms with E-state index in [1.54, 1.807) is 0 Å². The quantitative estimate of drug-likeness (QED) is 0.177. The summed E-state index contributed by atoms with van der Waals surface area (Å²) in [5.74, 6) is 0. The maximum Gasteiger partial charge on any atom is 0.0468 e. The van der Waals surface area contributed by atoms with Crippen molar-refractivity contribution in [2.75, 3.05) is 4.90 Å². The Morgan fingerprint density at radius 3 is 1.20 bits per heavy atom. The van der Waals surface area contributed by atoms with Crippen molar-refractivity contribution in [3.63, 3.8) is 0 Å². The van der Waals surface area contributed by atoms with Gasteiger partial charge in [0.2, 0.25) is 0 Å². The van der Waals surface area contributed by atoms with Crippen LogP contribution in [-0.2, 0) is 0 Å². The zero-order chi connectivity index (χ0) is 32.3. The summed E-state index contributed by atoms with van der Waals surface area (Å²) < 4.78 is 0. The van der Waals surface area contributed by atoms with E-state index in [0.717, 1.165) is 17.1 Å². The van der Waals surface area contributed by atoms with Crippen LogP contribution in [0.25, 0.3) is 75.8 Å². The van der Waals surface area contributed by atoms with E-state index in [1.807, 2.05) is 0 Å². The molecule has 0 saturated heterocycles. The van der Waals surface area contributed by atoms with Gasteiger partial charge in [0.15, 0.2) is 0 Å². The number of para-hydroxylation sites is 2. The van der Waals surface area contributed by atoms with Gasteiger partial charge in [0, 0.05) is 17.1 Å². The molecule has 0 saturated carbocycles. The predicted molar refractivity (Wildman–Crippen MR) is 212 cm³/mol. The summed E-state index contributed by atoms with van der Waals surface area (Å²) in [5, 5.41) is 15.3. The van der Waals surface area contributed by atoms with Crippen LogP contribution in [0.5, 0.6) is 0 Å². The number of rotatable bonds is 4. The molecule has 0 aliphatic rings. The molecule has 0 unspecified atom stereocenters. The minimum atomic E-state index is 1.12. The molecule has 0 aliphatic heterocycles. The van der Waals surface area contributed by atoms with Crippen LogP contribution in [0.2, 0.25) is 0 Å². The fourth-order valence-corrected chi connectivity index (χ4v) is 8.04. The van der Waals surface area contributed by atoms with Gasteiger partial charge in [-0.1, -0.05) is 140 Å². The Morgan fingerprint density at radius 2 is 0.633 bits per heavy atom. The lowest BCUT2D eigenvalue weighted by Gasteiger charge is -2.26. The topological polar surface area (TPSA) is 3.24 Å². The lowest BCUT2D eigenvalue weighted by Crippen LogP contribution is -2.09. The monoisotopic (exact) mass is 621 g/mol. The van der Waals surface area contributed by atoms with Crippen LogP contribution < -0.4 is 4.90 Å². The third kappa shape index (κ3) is 4.33. The Hall–Kier alpha value is -6.44. The Morgan fingerprint density at radius 1 is 0.224 bits per heavy atom. The number of hydrogen-bond acceptors (Lipinski definition) is 1. The Balaban J connectivity index is 1.47. The van der Waals surface area contributed by atoms with Crippen LogP contribution in [0.1, 0.15) is 0 Å². The standard InChI is InChI=1S/C48H31N/c1-4-15-32(16-5-1)33-29-45-40-24-13-12-23-39(40)43-26-14-25-42-38-22-11-10-21-37(38)41-28-27-36(31-44(41)46(30-33)48(45)47(42)43)49(34-17-6-2-7-18-34)35-19-8-3-9-20-35/h1-31H. The van der Waals surface area contributed by atoms with Crippen LogP contribution in [-0.4, -0.2) is 0 Å². The molecule has 0 N–H and O–H groups in total. The van der Waals surface area contributed by atoms with Crippen molar-refractivity contribution in [2.24, 2.45) is 0 Å². The molecule has 0 aromatic heterocycles. The maximum atomic E-state index is 2.44. The molecule has 10 aromatic carbocycles. The van der Waals surface area contributed by atoms with Gasteiger partial charge in [0.1, 0.15) is 0 Å². The second-order valence-corrected chi connectivity index (χ2v) is 12.9. The molecular weight excluding hydrogens is 591 g/mol. The van der Waals surface area contributed by atoms with E-state index in [0.29, 0.717) is 0 Å². The molecule has 0 bridgehead atoms. The average Bonchev–Trinajstić information content (AvgIpc) is 3.18. The molecule has 0 atom stereocenters. The first kappa shape index (κ1) is 27.7. The third-order valence-electron chi connectivity index (χ3n) is 10.2. The van der Waals surface area contributed by atoms with Gasteiger partial charge in [-0.2, -0.15) is 0 Å². The third-order valence-corrected chi connectivity index (χ3v) is 10.2. The van der Waals surface area contributed by atoms with E-state index in [9.17, 15) is 0 Å². The Kier molecular flexibility index (Phi) is 6.25. The van der Waals surface area contributed by atoms with E-state index in [4.69, 9.17) is 0 Å². The van der Waals surface area contributed by atoms with Gasteiger partial charge in [-0.15, -0.1) is 0 Å². The number of fused-ring (bicyclic) bond motifs is 8. The second-order valence-electron chi connectivity index (χ2n) is 12.9. The van der Waals surface area contributed by atoms with Gasteiger partial charge in [0.25, 0.3) is 0 Å². The van der Waals surface area contributed by atoms with E-state index in [2.05, 4.69) is 193 Å². The van der Waals surface area contributed by atoms with E-state index in [1.165, 1.54) is 75.8 Å². The zero-order valence-electron chi connectivity index (χ0n) is 26.8.